The highest BCUT2D eigenvalue weighted by Gasteiger charge is 2.10. The zero-order valence-corrected chi connectivity index (χ0v) is 15.8. The summed E-state index contributed by atoms with van der Waals surface area (Å²) in [6, 6.07) is 24.3. The maximum atomic E-state index is 13.2. The predicted molar refractivity (Wildman–Crippen MR) is 114 cm³/mol. The molecular formula is C26H16FNO2. The lowest BCUT2D eigenvalue weighted by atomic mass is 9.99. The summed E-state index contributed by atoms with van der Waals surface area (Å²) >= 11 is 0. The Morgan fingerprint density at radius 1 is 0.800 bits per heavy atom. The molecule has 3 aromatic carbocycles. The second-order valence-electron chi connectivity index (χ2n) is 6.62. The van der Waals surface area contributed by atoms with Crippen molar-refractivity contribution < 1.29 is 14.3 Å². The van der Waals surface area contributed by atoms with Crippen LogP contribution in [0.1, 0.15) is 21.5 Å². The largest absolute Gasteiger partial charge is 0.478 e. The van der Waals surface area contributed by atoms with Crippen molar-refractivity contribution in [3.8, 4) is 34.2 Å². The Labute approximate surface area is 173 Å². The van der Waals surface area contributed by atoms with Gasteiger partial charge in [0.1, 0.15) is 5.82 Å². The fraction of sp³-hybridized carbons (Fsp3) is 0. The Bertz CT molecular complexity index is 1270. The summed E-state index contributed by atoms with van der Waals surface area (Å²) in [5.41, 5.74) is 4.59. The van der Waals surface area contributed by atoms with E-state index in [-0.39, 0.29) is 11.4 Å². The summed E-state index contributed by atoms with van der Waals surface area (Å²) in [5, 5.41) is 9.53. The number of carbonyl (C=O) groups is 1. The summed E-state index contributed by atoms with van der Waals surface area (Å²) in [6.45, 7) is 0. The van der Waals surface area contributed by atoms with Gasteiger partial charge in [-0.25, -0.2) is 9.18 Å². The Morgan fingerprint density at radius 3 is 2.33 bits per heavy atom. The zero-order valence-electron chi connectivity index (χ0n) is 15.8. The van der Waals surface area contributed by atoms with E-state index in [9.17, 15) is 14.3 Å². The molecule has 0 fully saturated rings. The highest BCUT2D eigenvalue weighted by molar-refractivity contribution is 5.92. The molecule has 30 heavy (non-hydrogen) atoms. The molecule has 4 aromatic rings. The molecule has 1 N–H and O–H groups in total. The zero-order chi connectivity index (χ0) is 20.9. The number of rotatable bonds is 3. The number of aromatic nitrogens is 1. The smallest absolute Gasteiger partial charge is 0.336 e. The molecule has 0 saturated carbocycles. The van der Waals surface area contributed by atoms with E-state index in [0.29, 0.717) is 5.56 Å². The van der Waals surface area contributed by atoms with Crippen molar-refractivity contribution in [3.05, 3.63) is 114 Å². The molecule has 0 spiro atoms. The summed E-state index contributed by atoms with van der Waals surface area (Å²) in [4.78, 5) is 16.0. The van der Waals surface area contributed by atoms with E-state index in [0.717, 1.165) is 27.9 Å². The molecule has 0 unspecified atom stereocenters. The first-order valence-electron chi connectivity index (χ1n) is 9.27. The first-order valence-corrected chi connectivity index (χ1v) is 9.27. The van der Waals surface area contributed by atoms with Crippen LogP contribution < -0.4 is 0 Å². The predicted octanol–water partition coefficient (Wildman–Crippen LogP) is 5.65. The lowest BCUT2D eigenvalue weighted by Gasteiger charge is -2.05. The number of nitrogens with zero attached hydrogens (tertiary/aromatic N) is 1. The van der Waals surface area contributed by atoms with Gasteiger partial charge in [-0.3, -0.25) is 4.98 Å². The van der Waals surface area contributed by atoms with Crippen molar-refractivity contribution in [2.24, 2.45) is 0 Å². The summed E-state index contributed by atoms with van der Waals surface area (Å²) in [6.07, 6.45) is 1.73. The number of pyridine rings is 1. The van der Waals surface area contributed by atoms with Gasteiger partial charge in [0, 0.05) is 22.9 Å². The normalized spacial score (nSPS) is 10.2. The van der Waals surface area contributed by atoms with Crippen molar-refractivity contribution in [3.63, 3.8) is 0 Å². The SMILES string of the molecule is O=C(O)c1ccc(-c2ccc(F)cc2)cc1C#Cc1cccc(-c2ccccn2)c1. The van der Waals surface area contributed by atoms with Crippen LogP contribution in [0.25, 0.3) is 22.4 Å². The minimum atomic E-state index is -1.05. The van der Waals surface area contributed by atoms with Gasteiger partial charge in [-0.05, 0) is 59.7 Å². The van der Waals surface area contributed by atoms with Crippen LogP contribution in [0.3, 0.4) is 0 Å². The minimum Gasteiger partial charge on any atom is -0.478 e. The van der Waals surface area contributed by atoms with E-state index in [1.165, 1.54) is 18.2 Å². The maximum absolute atomic E-state index is 13.2. The van der Waals surface area contributed by atoms with Gasteiger partial charge in [-0.1, -0.05) is 48.2 Å². The van der Waals surface area contributed by atoms with Gasteiger partial charge >= 0.3 is 5.97 Å². The standard InChI is InChI=1S/C26H16FNO2/c27-23-12-9-19(10-13-23)20-11-14-24(26(29)30)21(17-20)8-7-18-4-3-5-22(16-18)25-6-1-2-15-28-25/h1-6,9-17H,(H,29,30). The molecule has 0 amide bonds. The van der Waals surface area contributed by atoms with Crippen LogP contribution in [0.4, 0.5) is 4.39 Å². The number of carboxylic acids is 1. The number of halogens is 1. The molecule has 0 aliphatic heterocycles. The number of hydrogen-bond donors (Lipinski definition) is 1. The lowest BCUT2D eigenvalue weighted by molar-refractivity contribution is 0.0696. The van der Waals surface area contributed by atoms with Crippen LogP contribution in [0.5, 0.6) is 0 Å². The van der Waals surface area contributed by atoms with E-state index < -0.39 is 5.97 Å². The third-order valence-corrected chi connectivity index (χ3v) is 4.59. The lowest BCUT2D eigenvalue weighted by Crippen LogP contribution is -2.00. The minimum absolute atomic E-state index is 0.120. The molecule has 0 aliphatic carbocycles. The van der Waals surface area contributed by atoms with Crippen molar-refractivity contribution in [1.82, 2.24) is 4.98 Å². The Morgan fingerprint density at radius 2 is 1.60 bits per heavy atom. The molecule has 4 rings (SSSR count). The van der Waals surface area contributed by atoms with Gasteiger partial charge < -0.3 is 5.11 Å². The summed E-state index contributed by atoms with van der Waals surface area (Å²) in [5.74, 6) is 4.66. The quantitative estimate of drug-likeness (QED) is 0.458. The average Bonchev–Trinajstić information content (AvgIpc) is 2.79. The van der Waals surface area contributed by atoms with E-state index >= 15 is 0 Å². The molecule has 1 aromatic heterocycles. The van der Waals surface area contributed by atoms with E-state index in [1.54, 1.807) is 30.5 Å². The molecule has 1 heterocycles. The number of benzene rings is 3. The van der Waals surface area contributed by atoms with Crippen LogP contribution in [-0.4, -0.2) is 16.1 Å². The van der Waals surface area contributed by atoms with E-state index in [1.807, 2.05) is 42.5 Å². The molecule has 0 radical (unpaired) electrons. The van der Waals surface area contributed by atoms with Crippen molar-refractivity contribution in [2.45, 2.75) is 0 Å². The van der Waals surface area contributed by atoms with E-state index in [4.69, 9.17) is 0 Å². The first-order chi connectivity index (χ1) is 14.6. The second kappa shape index (κ2) is 8.42. The van der Waals surface area contributed by atoms with Crippen LogP contribution >= 0.6 is 0 Å². The maximum Gasteiger partial charge on any atom is 0.336 e. The average molecular weight is 393 g/mol. The third-order valence-electron chi connectivity index (χ3n) is 4.59. The number of hydrogen-bond acceptors (Lipinski definition) is 2. The fourth-order valence-electron chi connectivity index (χ4n) is 3.09. The van der Waals surface area contributed by atoms with Crippen LogP contribution in [0, 0.1) is 17.7 Å². The van der Waals surface area contributed by atoms with Gasteiger partial charge in [0.15, 0.2) is 0 Å². The van der Waals surface area contributed by atoms with E-state index in [2.05, 4.69) is 16.8 Å². The third kappa shape index (κ3) is 4.26. The molecule has 0 bridgehead atoms. The Kier molecular flexibility index (Phi) is 5.36. The number of carboxylic acid groups (broad SMARTS) is 1. The highest BCUT2D eigenvalue weighted by atomic mass is 19.1. The Balaban J connectivity index is 1.73. The fourth-order valence-corrected chi connectivity index (χ4v) is 3.09. The first kappa shape index (κ1) is 19.1. The number of aromatic carboxylic acids is 1. The van der Waals surface area contributed by atoms with Crippen molar-refractivity contribution in [1.29, 1.82) is 0 Å². The molecule has 0 aliphatic rings. The Hall–Kier alpha value is -4.23. The molecule has 144 valence electrons. The van der Waals surface area contributed by atoms with Crippen LogP contribution in [-0.2, 0) is 0 Å². The summed E-state index contributed by atoms with van der Waals surface area (Å²) in [7, 11) is 0. The van der Waals surface area contributed by atoms with Crippen LogP contribution in [0.15, 0.2) is 91.1 Å². The molecule has 3 nitrogen and oxygen atoms in total. The van der Waals surface area contributed by atoms with Gasteiger partial charge in [0.25, 0.3) is 0 Å². The van der Waals surface area contributed by atoms with Gasteiger partial charge in [-0.15, -0.1) is 0 Å². The summed E-state index contributed by atoms with van der Waals surface area (Å²) < 4.78 is 13.2. The molecule has 4 heteroatoms. The highest BCUT2D eigenvalue weighted by Crippen LogP contribution is 2.23. The van der Waals surface area contributed by atoms with Gasteiger partial charge in [-0.2, -0.15) is 0 Å². The molecular weight excluding hydrogens is 377 g/mol. The molecule has 0 saturated heterocycles. The van der Waals surface area contributed by atoms with Gasteiger partial charge in [0.05, 0.1) is 11.3 Å². The molecule has 0 atom stereocenters. The topological polar surface area (TPSA) is 50.2 Å². The monoisotopic (exact) mass is 393 g/mol. The van der Waals surface area contributed by atoms with Crippen LogP contribution in [0.2, 0.25) is 0 Å². The van der Waals surface area contributed by atoms with Gasteiger partial charge in [0.2, 0.25) is 0 Å². The van der Waals surface area contributed by atoms with Crippen molar-refractivity contribution in [2.75, 3.05) is 0 Å². The second-order valence-corrected chi connectivity index (χ2v) is 6.62. The van der Waals surface area contributed by atoms with Crippen molar-refractivity contribution >= 4 is 5.97 Å².